The zero-order valence-electron chi connectivity index (χ0n) is 7.16. The monoisotopic (exact) mass is 235 g/mol. The molecule has 0 saturated carbocycles. The van der Waals surface area contributed by atoms with Gasteiger partial charge in [0.1, 0.15) is 4.99 Å². The van der Waals surface area contributed by atoms with Crippen molar-refractivity contribution in [3.63, 3.8) is 0 Å². The molecule has 2 atom stereocenters. The van der Waals surface area contributed by atoms with Gasteiger partial charge in [-0.3, -0.25) is 9.54 Å². The van der Waals surface area contributed by atoms with Crippen molar-refractivity contribution in [3.05, 3.63) is 30.1 Å². The minimum atomic E-state index is -4.18. The van der Waals surface area contributed by atoms with Crippen molar-refractivity contribution in [3.8, 4) is 0 Å². The molecule has 0 aromatic carbocycles. The molecule has 0 amide bonds. The molecule has 1 aromatic rings. The van der Waals surface area contributed by atoms with Gasteiger partial charge >= 0.3 is 0 Å². The van der Waals surface area contributed by atoms with Crippen LogP contribution >= 0.6 is 8.81 Å². The molecule has 0 bridgehead atoms. The van der Waals surface area contributed by atoms with Gasteiger partial charge in [-0.05, 0) is 18.1 Å². The third kappa shape index (κ3) is 3.31. The fourth-order valence-electron chi connectivity index (χ4n) is 0.951. The minimum Gasteiger partial charge on any atom is -0.376 e. The number of aromatic nitrogens is 1. The van der Waals surface area contributed by atoms with Crippen molar-refractivity contribution in [2.45, 2.75) is 11.4 Å². The highest BCUT2D eigenvalue weighted by molar-refractivity contribution is 7.91. The van der Waals surface area contributed by atoms with Crippen molar-refractivity contribution in [1.82, 2.24) is 4.98 Å². The van der Waals surface area contributed by atoms with Crippen LogP contribution in [0.3, 0.4) is 0 Å². The zero-order chi connectivity index (χ0) is 10.6. The lowest BCUT2D eigenvalue weighted by Gasteiger charge is -2.09. The van der Waals surface area contributed by atoms with Gasteiger partial charge in [0.2, 0.25) is 0 Å². The van der Waals surface area contributed by atoms with Crippen LogP contribution in [0.25, 0.3) is 0 Å². The van der Waals surface area contributed by atoms with Crippen LogP contribution in [0.15, 0.2) is 24.5 Å². The van der Waals surface area contributed by atoms with E-state index < -0.39 is 23.9 Å². The van der Waals surface area contributed by atoms with Crippen LogP contribution in [-0.4, -0.2) is 27.8 Å². The Morgan fingerprint density at radius 3 is 2.71 bits per heavy atom. The van der Waals surface area contributed by atoms with Crippen LogP contribution in [0, 0.1) is 0 Å². The first-order valence-electron chi connectivity index (χ1n) is 3.79. The maximum atomic E-state index is 10.7. The molecule has 0 saturated heterocycles. The van der Waals surface area contributed by atoms with Gasteiger partial charge in [-0.15, -0.1) is 0 Å². The Hall–Kier alpha value is -0.550. The summed E-state index contributed by atoms with van der Waals surface area (Å²) in [4.78, 5) is 11.4. The second-order valence-electron chi connectivity index (χ2n) is 2.70. The molecule has 0 aliphatic rings. The van der Waals surface area contributed by atoms with Gasteiger partial charge in [0.15, 0.2) is 0 Å². The van der Waals surface area contributed by atoms with E-state index in [1.807, 2.05) is 0 Å². The van der Waals surface area contributed by atoms with Crippen LogP contribution in [-0.2, 0) is 16.5 Å². The highest BCUT2D eigenvalue weighted by Crippen LogP contribution is 2.22. The first-order chi connectivity index (χ1) is 6.54. The summed E-state index contributed by atoms with van der Waals surface area (Å²) in [5.41, 5.74) is 0.664. The number of hydrogen-bond donors (Lipinski definition) is 2. The van der Waals surface area contributed by atoms with Crippen molar-refractivity contribution < 1.29 is 17.9 Å². The zero-order valence-corrected chi connectivity index (χ0v) is 8.98. The standard InChI is InChI=1S/C7H10NO4PS/c9-13-7(14(10,11)12)4-6-2-1-3-8-5-6/h1-3,5,7,9,13H,4H2,(H,10,11,12). The lowest BCUT2D eigenvalue weighted by atomic mass is 10.2. The molecule has 78 valence electrons. The third-order valence-corrected chi connectivity index (χ3v) is 4.24. The Morgan fingerprint density at radius 2 is 2.29 bits per heavy atom. The van der Waals surface area contributed by atoms with Crippen LogP contribution in [0.1, 0.15) is 5.56 Å². The summed E-state index contributed by atoms with van der Waals surface area (Å²) in [6.45, 7) is 0. The lowest BCUT2D eigenvalue weighted by Crippen LogP contribution is -2.18. The summed E-state index contributed by atoms with van der Waals surface area (Å²) in [5.74, 6) is 0. The number of hydrogen-bond acceptors (Lipinski definition) is 4. The first kappa shape index (κ1) is 11.5. The van der Waals surface area contributed by atoms with Crippen molar-refractivity contribution in [1.29, 1.82) is 0 Å². The van der Waals surface area contributed by atoms with Gasteiger partial charge in [-0.25, -0.2) is 0 Å². The maximum Gasteiger partial charge on any atom is 0.274 e. The maximum absolute atomic E-state index is 10.7. The molecular formula is C7H10NO4PS. The Labute approximate surface area is 83.8 Å². The van der Waals surface area contributed by atoms with Gasteiger partial charge in [0, 0.05) is 21.2 Å². The molecule has 1 aromatic heterocycles. The minimum absolute atomic E-state index is 0.0710. The molecule has 5 nitrogen and oxygen atoms in total. The van der Waals surface area contributed by atoms with Crippen LogP contribution < -0.4 is 0 Å². The van der Waals surface area contributed by atoms with E-state index in [4.69, 9.17) is 9.45 Å². The van der Waals surface area contributed by atoms with Gasteiger partial charge < -0.3 is 4.89 Å². The molecule has 0 aliphatic carbocycles. The number of rotatable bonds is 4. The second-order valence-corrected chi connectivity index (χ2v) is 5.67. The summed E-state index contributed by atoms with van der Waals surface area (Å²) < 4.78 is 30.2. The summed E-state index contributed by atoms with van der Waals surface area (Å²) in [6, 6.07) is 3.35. The van der Waals surface area contributed by atoms with Crippen LogP contribution in [0.5, 0.6) is 0 Å². The molecule has 0 radical (unpaired) electrons. The molecule has 7 heteroatoms. The quantitative estimate of drug-likeness (QED) is 0.583. The largest absolute Gasteiger partial charge is 0.376 e. The van der Waals surface area contributed by atoms with E-state index >= 15 is 0 Å². The van der Waals surface area contributed by atoms with E-state index in [-0.39, 0.29) is 6.42 Å². The smallest absolute Gasteiger partial charge is 0.274 e. The molecular weight excluding hydrogens is 225 g/mol. The fraction of sp³-hybridized carbons (Fsp3) is 0.286. The third-order valence-electron chi connectivity index (χ3n) is 1.65. The Bertz CT molecular complexity index is 380. The van der Waals surface area contributed by atoms with E-state index in [9.17, 15) is 8.42 Å². The van der Waals surface area contributed by atoms with Crippen molar-refractivity contribution in [2.24, 2.45) is 0 Å². The predicted molar refractivity (Wildman–Crippen MR) is 53.8 cm³/mol. The van der Waals surface area contributed by atoms with Crippen molar-refractivity contribution >= 4 is 18.9 Å². The highest BCUT2D eigenvalue weighted by atomic mass is 32.2. The van der Waals surface area contributed by atoms with Gasteiger partial charge in [0.05, 0.1) is 0 Å². The molecule has 14 heavy (non-hydrogen) atoms. The SMILES string of the molecule is O=S(=O)(O)C(Cc1cccnc1)PO. The number of pyridine rings is 1. The molecule has 2 N–H and O–H groups in total. The highest BCUT2D eigenvalue weighted by Gasteiger charge is 2.22. The molecule has 0 aliphatic heterocycles. The summed E-state index contributed by atoms with van der Waals surface area (Å²) >= 11 is 0. The normalized spacial score (nSPS) is 14.7. The van der Waals surface area contributed by atoms with E-state index in [2.05, 4.69) is 4.98 Å². The summed E-state index contributed by atoms with van der Waals surface area (Å²) in [6.07, 6.45) is 3.13. The van der Waals surface area contributed by atoms with Crippen LogP contribution in [0.2, 0.25) is 0 Å². The van der Waals surface area contributed by atoms with E-state index in [1.165, 1.54) is 6.20 Å². The summed E-state index contributed by atoms with van der Waals surface area (Å²) in [5, 5.41) is 0. The summed E-state index contributed by atoms with van der Waals surface area (Å²) in [7, 11) is -5.02. The molecule has 2 unspecified atom stereocenters. The number of nitrogens with zero attached hydrogens (tertiary/aromatic N) is 1. The predicted octanol–water partition coefficient (Wildman–Crippen LogP) is 0.424. The van der Waals surface area contributed by atoms with Gasteiger partial charge in [0.25, 0.3) is 10.1 Å². The Balaban J connectivity index is 2.77. The topological polar surface area (TPSA) is 87.5 Å². The van der Waals surface area contributed by atoms with Gasteiger partial charge in [-0.2, -0.15) is 8.42 Å². The first-order valence-corrected chi connectivity index (χ1v) is 6.31. The molecule has 0 spiro atoms. The Morgan fingerprint density at radius 1 is 1.57 bits per heavy atom. The molecule has 0 fully saturated rings. The fourth-order valence-corrected chi connectivity index (χ4v) is 2.21. The second kappa shape index (κ2) is 4.79. The van der Waals surface area contributed by atoms with E-state index in [0.29, 0.717) is 5.56 Å². The van der Waals surface area contributed by atoms with E-state index in [0.717, 1.165) is 0 Å². The van der Waals surface area contributed by atoms with Gasteiger partial charge in [-0.1, -0.05) is 6.07 Å². The lowest BCUT2D eigenvalue weighted by molar-refractivity contribution is 0.476. The average Bonchev–Trinajstić information content (AvgIpc) is 2.14. The van der Waals surface area contributed by atoms with E-state index in [1.54, 1.807) is 18.3 Å². The van der Waals surface area contributed by atoms with Crippen molar-refractivity contribution in [2.75, 3.05) is 0 Å². The average molecular weight is 235 g/mol. The molecule has 1 heterocycles. The Kier molecular flexibility index (Phi) is 3.95. The van der Waals surface area contributed by atoms with Crippen LogP contribution in [0.4, 0.5) is 0 Å². The molecule has 1 rings (SSSR count).